The molecule has 0 aromatic heterocycles. The molecule has 5 nitrogen and oxygen atoms in total. The molecule has 0 amide bonds. The summed E-state index contributed by atoms with van der Waals surface area (Å²) >= 11 is 6.31. The number of aliphatic imine (C=N–C) groups is 1. The molecule has 24 heavy (non-hydrogen) atoms. The Labute approximate surface area is 149 Å². The molecule has 1 heterocycles. The lowest BCUT2D eigenvalue weighted by Gasteiger charge is -2.25. The molecule has 2 N–H and O–H groups in total. The van der Waals surface area contributed by atoms with Crippen LogP contribution < -0.4 is 10.6 Å². The molecule has 1 aromatic rings. The van der Waals surface area contributed by atoms with Gasteiger partial charge in [-0.05, 0) is 25.0 Å². The van der Waals surface area contributed by atoms with Gasteiger partial charge in [0.05, 0.1) is 18.1 Å². The monoisotopic (exact) mass is 371 g/mol. The van der Waals surface area contributed by atoms with Gasteiger partial charge in [-0.15, -0.1) is 0 Å². The Balaban J connectivity index is 2.09. The van der Waals surface area contributed by atoms with E-state index in [1.807, 2.05) is 31.2 Å². The highest BCUT2D eigenvalue weighted by Crippen LogP contribution is 2.29. The SMILES string of the molecule is CCNC(=NCC(C)(C)c1ccccc1Cl)NC1CCS(=O)(=O)C1. The van der Waals surface area contributed by atoms with Gasteiger partial charge >= 0.3 is 0 Å². The number of nitrogens with zero attached hydrogens (tertiary/aromatic N) is 1. The van der Waals surface area contributed by atoms with Crippen LogP contribution in [0, 0.1) is 0 Å². The van der Waals surface area contributed by atoms with E-state index in [4.69, 9.17) is 11.6 Å². The number of rotatable bonds is 5. The van der Waals surface area contributed by atoms with Crippen molar-refractivity contribution in [3.63, 3.8) is 0 Å². The quantitative estimate of drug-likeness (QED) is 0.615. The Bertz CT molecular complexity index is 702. The molecule has 0 aliphatic carbocycles. The van der Waals surface area contributed by atoms with E-state index < -0.39 is 9.84 Å². The van der Waals surface area contributed by atoms with E-state index in [2.05, 4.69) is 29.5 Å². The molecule has 0 saturated carbocycles. The third kappa shape index (κ3) is 5.11. The first kappa shape index (κ1) is 19.1. The summed E-state index contributed by atoms with van der Waals surface area (Å²) < 4.78 is 23.2. The number of hydrogen-bond acceptors (Lipinski definition) is 3. The summed E-state index contributed by atoms with van der Waals surface area (Å²) in [7, 11) is -2.91. The van der Waals surface area contributed by atoms with Crippen molar-refractivity contribution in [2.75, 3.05) is 24.6 Å². The Hall–Kier alpha value is -1.27. The molecule has 1 aliphatic heterocycles. The minimum Gasteiger partial charge on any atom is -0.357 e. The molecule has 1 saturated heterocycles. The lowest BCUT2D eigenvalue weighted by Crippen LogP contribution is -2.44. The third-order valence-electron chi connectivity index (χ3n) is 4.15. The van der Waals surface area contributed by atoms with Crippen LogP contribution in [0.3, 0.4) is 0 Å². The van der Waals surface area contributed by atoms with Crippen LogP contribution in [0.4, 0.5) is 0 Å². The first-order valence-corrected chi connectivity index (χ1v) is 10.4. The van der Waals surface area contributed by atoms with Crippen molar-refractivity contribution in [1.82, 2.24) is 10.6 Å². The Morgan fingerprint density at radius 2 is 2.08 bits per heavy atom. The maximum Gasteiger partial charge on any atom is 0.191 e. The van der Waals surface area contributed by atoms with E-state index >= 15 is 0 Å². The molecule has 0 spiro atoms. The standard InChI is InChI=1S/C17H26ClN3O2S/c1-4-19-16(21-13-9-10-24(22,23)11-13)20-12-17(2,3)14-7-5-6-8-15(14)18/h5-8,13H,4,9-12H2,1-3H3,(H2,19,20,21). The largest absolute Gasteiger partial charge is 0.357 e. The fourth-order valence-electron chi connectivity index (χ4n) is 2.79. The second kappa shape index (κ2) is 7.74. The van der Waals surface area contributed by atoms with E-state index in [-0.39, 0.29) is 23.0 Å². The number of benzene rings is 1. The van der Waals surface area contributed by atoms with Crippen LogP contribution in [0.25, 0.3) is 0 Å². The smallest absolute Gasteiger partial charge is 0.191 e. The molecule has 7 heteroatoms. The highest BCUT2D eigenvalue weighted by molar-refractivity contribution is 7.91. The predicted molar refractivity (Wildman–Crippen MR) is 101 cm³/mol. The summed E-state index contributed by atoms with van der Waals surface area (Å²) in [6.45, 7) is 7.45. The molecule has 0 radical (unpaired) electrons. The molecule has 1 fully saturated rings. The van der Waals surface area contributed by atoms with Crippen LogP contribution in [0.5, 0.6) is 0 Å². The molecule has 1 atom stereocenters. The van der Waals surface area contributed by atoms with Gasteiger partial charge in [-0.25, -0.2) is 8.42 Å². The van der Waals surface area contributed by atoms with E-state index in [0.29, 0.717) is 18.9 Å². The normalized spacial score (nSPS) is 20.8. The molecular formula is C17H26ClN3O2S. The lowest BCUT2D eigenvalue weighted by molar-refractivity contribution is 0.535. The van der Waals surface area contributed by atoms with E-state index in [1.165, 1.54) is 0 Å². The van der Waals surface area contributed by atoms with Gasteiger partial charge in [-0.1, -0.05) is 43.6 Å². The Morgan fingerprint density at radius 1 is 1.38 bits per heavy atom. The molecule has 0 bridgehead atoms. The van der Waals surface area contributed by atoms with Crippen molar-refractivity contribution < 1.29 is 8.42 Å². The van der Waals surface area contributed by atoms with Crippen LogP contribution in [0.15, 0.2) is 29.3 Å². The molecule has 134 valence electrons. The topological polar surface area (TPSA) is 70.6 Å². The van der Waals surface area contributed by atoms with Crippen LogP contribution in [0.2, 0.25) is 5.02 Å². The number of hydrogen-bond donors (Lipinski definition) is 2. The van der Waals surface area contributed by atoms with Crippen molar-refractivity contribution in [3.05, 3.63) is 34.9 Å². The van der Waals surface area contributed by atoms with Crippen molar-refractivity contribution in [2.45, 2.75) is 38.6 Å². The van der Waals surface area contributed by atoms with E-state index in [0.717, 1.165) is 17.1 Å². The van der Waals surface area contributed by atoms with Crippen LogP contribution >= 0.6 is 11.6 Å². The minimum atomic E-state index is -2.91. The zero-order chi connectivity index (χ0) is 17.8. The van der Waals surface area contributed by atoms with Crippen LogP contribution in [-0.2, 0) is 15.3 Å². The first-order chi connectivity index (χ1) is 11.2. The second-order valence-corrected chi connectivity index (χ2v) is 9.44. The van der Waals surface area contributed by atoms with Crippen LogP contribution in [0.1, 0.15) is 32.8 Å². The third-order valence-corrected chi connectivity index (χ3v) is 6.25. The van der Waals surface area contributed by atoms with Crippen molar-refractivity contribution >= 4 is 27.4 Å². The summed E-state index contributed by atoms with van der Waals surface area (Å²) in [6, 6.07) is 7.71. The average molecular weight is 372 g/mol. The average Bonchev–Trinajstić information content (AvgIpc) is 2.84. The van der Waals surface area contributed by atoms with E-state index in [1.54, 1.807) is 0 Å². The van der Waals surface area contributed by atoms with Crippen LogP contribution in [-0.4, -0.2) is 45.0 Å². The summed E-state index contributed by atoms with van der Waals surface area (Å²) in [6.07, 6.45) is 0.626. The highest BCUT2D eigenvalue weighted by Gasteiger charge is 2.29. The molecular weight excluding hydrogens is 346 g/mol. The zero-order valence-corrected chi connectivity index (χ0v) is 16.0. The van der Waals surface area contributed by atoms with E-state index in [9.17, 15) is 8.42 Å². The van der Waals surface area contributed by atoms with Gasteiger partial charge in [-0.3, -0.25) is 4.99 Å². The summed E-state index contributed by atoms with van der Waals surface area (Å²) in [5, 5.41) is 7.16. The summed E-state index contributed by atoms with van der Waals surface area (Å²) in [5.41, 5.74) is 0.831. The number of sulfone groups is 1. The van der Waals surface area contributed by atoms with Gasteiger partial charge in [0.25, 0.3) is 0 Å². The van der Waals surface area contributed by atoms with Crippen molar-refractivity contribution in [1.29, 1.82) is 0 Å². The first-order valence-electron chi connectivity index (χ1n) is 8.24. The zero-order valence-electron chi connectivity index (χ0n) is 14.5. The Morgan fingerprint density at radius 3 is 2.67 bits per heavy atom. The van der Waals surface area contributed by atoms with Crippen molar-refractivity contribution in [3.8, 4) is 0 Å². The lowest BCUT2D eigenvalue weighted by atomic mass is 9.85. The second-order valence-electron chi connectivity index (χ2n) is 6.80. The van der Waals surface area contributed by atoms with Gasteiger partial charge in [0.15, 0.2) is 15.8 Å². The van der Waals surface area contributed by atoms with Gasteiger partial charge in [0.2, 0.25) is 0 Å². The number of nitrogens with one attached hydrogen (secondary N) is 2. The van der Waals surface area contributed by atoms with Gasteiger partial charge in [0.1, 0.15) is 0 Å². The number of halogens is 1. The summed E-state index contributed by atoms with van der Waals surface area (Å²) in [4.78, 5) is 4.65. The maximum absolute atomic E-state index is 11.6. The fourth-order valence-corrected chi connectivity index (χ4v) is 4.86. The molecule has 2 rings (SSSR count). The molecule has 1 aliphatic rings. The minimum absolute atomic E-state index is 0.0729. The summed E-state index contributed by atoms with van der Waals surface area (Å²) in [5.74, 6) is 1.07. The maximum atomic E-state index is 11.6. The fraction of sp³-hybridized carbons (Fsp3) is 0.588. The van der Waals surface area contributed by atoms with Gasteiger partial charge in [0, 0.05) is 23.0 Å². The van der Waals surface area contributed by atoms with Gasteiger partial charge < -0.3 is 10.6 Å². The van der Waals surface area contributed by atoms with Gasteiger partial charge in [-0.2, -0.15) is 0 Å². The molecule has 1 unspecified atom stereocenters. The van der Waals surface area contributed by atoms with Crippen molar-refractivity contribution in [2.24, 2.45) is 4.99 Å². The number of guanidine groups is 1. The molecule has 1 aromatic carbocycles. The highest BCUT2D eigenvalue weighted by atomic mass is 35.5. The predicted octanol–water partition coefficient (Wildman–Crippen LogP) is 2.36. The Kier molecular flexibility index (Phi) is 6.15.